The summed E-state index contributed by atoms with van der Waals surface area (Å²) in [6, 6.07) is 17.0. The van der Waals surface area contributed by atoms with Gasteiger partial charge >= 0.3 is 0 Å². The summed E-state index contributed by atoms with van der Waals surface area (Å²) < 4.78 is 0. The van der Waals surface area contributed by atoms with Gasteiger partial charge in [0.25, 0.3) is 0 Å². The number of unbranched alkanes of at least 4 members (excludes halogenated alkanes) is 1. The third-order valence-electron chi connectivity index (χ3n) is 3.55. The molecule has 1 heteroatoms. The molecule has 0 amide bonds. The van der Waals surface area contributed by atoms with Crippen LogP contribution in [0.3, 0.4) is 0 Å². The maximum absolute atomic E-state index is 4.14. The maximum atomic E-state index is 4.14. The summed E-state index contributed by atoms with van der Waals surface area (Å²) in [7, 11) is 0. The zero-order valence-corrected chi connectivity index (χ0v) is 12.4. The molecule has 0 aliphatic rings. The Labute approximate surface area is 122 Å². The van der Waals surface area contributed by atoms with Gasteiger partial charge in [0.2, 0.25) is 0 Å². The average molecular weight is 265 g/mol. The first-order valence-electron chi connectivity index (χ1n) is 7.31. The van der Waals surface area contributed by atoms with Crippen molar-refractivity contribution in [1.82, 2.24) is 0 Å². The van der Waals surface area contributed by atoms with E-state index in [1.165, 1.54) is 24.0 Å². The summed E-state index contributed by atoms with van der Waals surface area (Å²) in [5, 5.41) is 3.39. The van der Waals surface area contributed by atoms with Crippen LogP contribution >= 0.6 is 0 Å². The van der Waals surface area contributed by atoms with Gasteiger partial charge < -0.3 is 5.32 Å². The zero-order valence-electron chi connectivity index (χ0n) is 12.4. The minimum absolute atomic E-state index is 0.946. The third-order valence-corrected chi connectivity index (χ3v) is 3.55. The topological polar surface area (TPSA) is 12.0 Å². The Hall–Kier alpha value is -2.02. The van der Waals surface area contributed by atoms with Gasteiger partial charge in [-0.05, 0) is 42.5 Å². The van der Waals surface area contributed by atoms with E-state index in [2.05, 4.69) is 62.1 Å². The van der Waals surface area contributed by atoms with Gasteiger partial charge in [-0.3, -0.25) is 0 Å². The van der Waals surface area contributed by atoms with E-state index in [1.54, 1.807) is 0 Å². The molecule has 0 aliphatic carbocycles. The Kier molecular flexibility index (Phi) is 5.00. The summed E-state index contributed by atoms with van der Waals surface area (Å²) in [6.07, 6.45) is 3.65. The number of hydrogen-bond acceptors (Lipinski definition) is 1. The molecule has 0 radical (unpaired) electrons. The Balaban J connectivity index is 2.04. The first-order chi connectivity index (χ1) is 9.70. The molecule has 104 valence electrons. The number of rotatable bonds is 6. The predicted molar refractivity (Wildman–Crippen MR) is 88.9 cm³/mol. The van der Waals surface area contributed by atoms with Crippen molar-refractivity contribution in [2.45, 2.75) is 33.1 Å². The Morgan fingerprint density at radius 2 is 1.75 bits per heavy atom. The number of benzene rings is 2. The largest absolute Gasteiger partial charge is 0.355 e. The van der Waals surface area contributed by atoms with Crippen LogP contribution in [-0.4, -0.2) is 0 Å². The minimum Gasteiger partial charge on any atom is -0.355 e. The van der Waals surface area contributed by atoms with Crippen molar-refractivity contribution >= 4 is 11.4 Å². The average Bonchev–Trinajstić information content (AvgIpc) is 2.48. The van der Waals surface area contributed by atoms with Gasteiger partial charge in [-0.15, -0.1) is 0 Å². The summed E-state index contributed by atoms with van der Waals surface area (Å²) in [5.41, 5.74) is 5.84. The highest BCUT2D eigenvalue weighted by atomic mass is 14.9. The van der Waals surface area contributed by atoms with E-state index >= 15 is 0 Å². The zero-order chi connectivity index (χ0) is 14.4. The highest BCUT2D eigenvalue weighted by Crippen LogP contribution is 2.20. The van der Waals surface area contributed by atoms with Crippen LogP contribution in [0.25, 0.3) is 5.70 Å². The summed E-state index contributed by atoms with van der Waals surface area (Å²) in [5.74, 6) is 0. The van der Waals surface area contributed by atoms with Crippen molar-refractivity contribution < 1.29 is 0 Å². The van der Waals surface area contributed by atoms with E-state index in [1.807, 2.05) is 12.1 Å². The van der Waals surface area contributed by atoms with E-state index in [-0.39, 0.29) is 0 Å². The molecule has 2 rings (SSSR count). The van der Waals surface area contributed by atoms with E-state index < -0.39 is 0 Å². The fraction of sp³-hybridized carbons (Fsp3) is 0.263. The van der Waals surface area contributed by atoms with Crippen LogP contribution in [-0.2, 0) is 6.42 Å². The Morgan fingerprint density at radius 1 is 1.05 bits per heavy atom. The third kappa shape index (κ3) is 3.74. The standard InChI is InChI=1S/C19H23N/c1-4-5-9-17-11-13-18(14-12-17)16(3)20-19-10-7-6-8-15(19)2/h6-8,10-14,20H,3-5,9H2,1-2H3. The monoisotopic (exact) mass is 265 g/mol. The number of hydrogen-bond donors (Lipinski definition) is 1. The number of aryl methyl sites for hydroxylation is 2. The van der Waals surface area contributed by atoms with Crippen LogP contribution in [0.1, 0.15) is 36.5 Å². The van der Waals surface area contributed by atoms with Crippen molar-refractivity contribution in [2.24, 2.45) is 0 Å². The molecule has 0 spiro atoms. The molecule has 0 saturated heterocycles. The smallest absolute Gasteiger partial charge is 0.0413 e. The molecule has 0 aromatic heterocycles. The Bertz CT molecular complexity index is 567. The normalized spacial score (nSPS) is 10.3. The van der Waals surface area contributed by atoms with Crippen molar-refractivity contribution in [3.63, 3.8) is 0 Å². The predicted octanol–water partition coefficient (Wildman–Crippen LogP) is 5.42. The maximum Gasteiger partial charge on any atom is 0.0413 e. The lowest BCUT2D eigenvalue weighted by Crippen LogP contribution is -1.99. The van der Waals surface area contributed by atoms with Gasteiger partial charge in [-0.2, -0.15) is 0 Å². The first-order valence-corrected chi connectivity index (χ1v) is 7.31. The van der Waals surface area contributed by atoms with Gasteiger partial charge in [0.1, 0.15) is 0 Å². The molecular formula is C19H23N. The fourth-order valence-corrected chi connectivity index (χ4v) is 2.20. The molecule has 0 saturated carbocycles. The first kappa shape index (κ1) is 14.4. The SMILES string of the molecule is C=C(Nc1ccccc1C)c1ccc(CCCC)cc1. The Morgan fingerprint density at radius 3 is 2.40 bits per heavy atom. The van der Waals surface area contributed by atoms with E-state index in [0.29, 0.717) is 0 Å². The van der Waals surface area contributed by atoms with Crippen LogP contribution in [0, 0.1) is 6.92 Å². The summed E-state index contributed by atoms with van der Waals surface area (Å²) in [4.78, 5) is 0. The fourth-order valence-electron chi connectivity index (χ4n) is 2.20. The van der Waals surface area contributed by atoms with Gasteiger partial charge in [0.05, 0.1) is 0 Å². The molecule has 0 aliphatic heterocycles. The van der Waals surface area contributed by atoms with Crippen LogP contribution in [0.4, 0.5) is 5.69 Å². The van der Waals surface area contributed by atoms with Crippen molar-refractivity contribution in [3.8, 4) is 0 Å². The van der Waals surface area contributed by atoms with Crippen LogP contribution in [0.2, 0.25) is 0 Å². The molecule has 0 atom stereocenters. The number of nitrogens with one attached hydrogen (secondary N) is 1. The second-order valence-corrected chi connectivity index (χ2v) is 5.22. The molecule has 1 N–H and O–H groups in total. The second-order valence-electron chi connectivity index (χ2n) is 5.22. The quantitative estimate of drug-likeness (QED) is 0.735. The molecule has 2 aromatic carbocycles. The van der Waals surface area contributed by atoms with Gasteiger partial charge in [0.15, 0.2) is 0 Å². The van der Waals surface area contributed by atoms with E-state index in [0.717, 1.165) is 23.4 Å². The molecule has 0 heterocycles. The van der Waals surface area contributed by atoms with Gasteiger partial charge in [-0.1, -0.05) is 62.4 Å². The molecule has 20 heavy (non-hydrogen) atoms. The minimum atomic E-state index is 0.946. The molecule has 2 aromatic rings. The van der Waals surface area contributed by atoms with E-state index in [9.17, 15) is 0 Å². The van der Waals surface area contributed by atoms with Crippen LogP contribution in [0.15, 0.2) is 55.1 Å². The van der Waals surface area contributed by atoms with E-state index in [4.69, 9.17) is 0 Å². The van der Waals surface area contributed by atoms with Crippen LogP contribution < -0.4 is 5.32 Å². The van der Waals surface area contributed by atoms with Crippen molar-refractivity contribution in [1.29, 1.82) is 0 Å². The van der Waals surface area contributed by atoms with Gasteiger partial charge in [-0.25, -0.2) is 0 Å². The molecule has 1 nitrogen and oxygen atoms in total. The highest BCUT2D eigenvalue weighted by molar-refractivity contribution is 5.76. The van der Waals surface area contributed by atoms with Crippen molar-refractivity contribution in [2.75, 3.05) is 5.32 Å². The molecular weight excluding hydrogens is 242 g/mol. The number of anilines is 1. The van der Waals surface area contributed by atoms with Gasteiger partial charge in [0, 0.05) is 11.4 Å². The second kappa shape index (κ2) is 6.95. The summed E-state index contributed by atoms with van der Waals surface area (Å²) in [6.45, 7) is 8.47. The number of para-hydroxylation sites is 1. The summed E-state index contributed by atoms with van der Waals surface area (Å²) >= 11 is 0. The highest BCUT2D eigenvalue weighted by Gasteiger charge is 2.02. The molecule has 0 unspecified atom stereocenters. The lowest BCUT2D eigenvalue weighted by Gasteiger charge is -2.12. The lowest BCUT2D eigenvalue weighted by molar-refractivity contribution is 0.795. The van der Waals surface area contributed by atoms with Crippen LogP contribution in [0.5, 0.6) is 0 Å². The molecule has 0 bridgehead atoms. The molecule has 0 fully saturated rings. The lowest BCUT2D eigenvalue weighted by atomic mass is 10.0. The van der Waals surface area contributed by atoms with Crippen molar-refractivity contribution in [3.05, 3.63) is 71.8 Å².